The van der Waals surface area contributed by atoms with Crippen molar-refractivity contribution in [3.63, 3.8) is 0 Å². The normalized spacial score (nSPS) is 11.1. The van der Waals surface area contributed by atoms with Gasteiger partial charge in [-0.05, 0) is 23.8 Å². The molecule has 0 fully saturated rings. The SMILES string of the molecule is NCc1nc2ccccc2n1Cc1ccccc1Cl. The Balaban J connectivity index is 2.12. The van der Waals surface area contributed by atoms with Crippen molar-refractivity contribution >= 4 is 22.6 Å². The summed E-state index contributed by atoms with van der Waals surface area (Å²) in [6.07, 6.45) is 0. The minimum atomic E-state index is 0.416. The van der Waals surface area contributed by atoms with Gasteiger partial charge >= 0.3 is 0 Å². The van der Waals surface area contributed by atoms with E-state index < -0.39 is 0 Å². The molecule has 1 aromatic heterocycles. The van der Waals surface area contributed by atoms with Gasteiger partial charge in [0.15, 0.2) is 0 Å². The van der Waals surface area contributed by atoms with Gasteiger partial charge in [-0.3, -0.25) is 0 Å². The van der Waals surface area contributed by atoms with E-state index in [0.717, 1.165) is 27.4 Å². The molecule has 4 heteroatoms. The highest BCUT2D eigenvalue weighted by Crippen LogP contribution is 2.21. The molecule has 96 valence electrons. The van der Waals surface area contributed by atoms with Crippen LogP contribution in [-0.4, -0.2) is 9.55 Å². The van der Waals surface area contributed by atoms with Gasteiger partial charge < -0.3 is 10.3 Å². The Hall–Kier alpha value is -1.84. The number of hydrogen-bond acceptors (Lipinski definition) is 2. The molecule has 19 heavy (non-hydrogen) atoms. The van der Waals surface area contributed by atoms with E-state index in [1.54, 1.807) is 0 Å². The van der Waals surface area contributed by atoms with Crippen LogP contribution in [0.4, 0.5) is 0 Å². The Kier molecular flexibility index (Phi) is 3.23. The largest absolute Gasteiger partial charge is 0.324 e. The number of para-hydroxylation sites is 2. The Bertz CT molecular complexity index is 718. The Morgan fingerprint density at radius 3 is 2.58 bits per heavy atom. The fourth-order valence-electron chi connectivity index (χ4n) is 2.25. The third-order valence-corrected chi connectivity index (χ3v) is 3.57. The smallest absolute Gasteiger partial charge is 0.123 e. The zero-order chi connectivity index (χ0) is 13.2. The molecule has 2 N–H and O–H groups in total. The fourth-order valence-corrected chi connectivity index (χ4v) is 2.45. The van der Waals surface area contributed by atoms with Gasteiger partial charge in [0.25, 0.3) is 0 Å². The van der Waals surface area contributed by atoms with Gasteiger partial charge in [0.05, 0.1) is 24.1 Å². The number of fused-ring (bicyclic) bond motifs is 1. The number of nitrogens with two attached hydrogens (primary N) is 1. The van der Waals surface area contributed by atoms with Crippen molar-refractivity contribution in [2.45, 2.75) is 13.1 Å². The van der Waals surface area contributed by atoms with Crippen LogP contribution >= 0.6 is 11.6 Å². The van der Waals surface area contributed by atoms with Gasteiger partial charge in [-0.25, -0.2) is 4.98 Å². The van der Waals surface area contributed by atoms with Crippen molar-refractivity contribution in [3.8, 4) is 0 Å². The van der Waals surface area contributed by atoms with Gasteiger partial charge in [-0.15, -0.1) is 0 Å². The lowest BCUT2D eigenvalue weighted by atomic mass is 10.2. The van der Waals surface area contributed by atoms with Crippen LogP contribution in [0.2, 0.25) is 5.02 Å². The summed E-state index contributed by atoms with van der Waals surface area (Å²) in [6, 6.07) is 15.9. The summed E-state index contributed by atoms with van der Waals surface area (Å²) in [4.78, 5) is 4.55. The molecule has 0 aliphatic carbocycles. The third-order valence-electron chi connectivity index (χ3n) is 3.20. The first-order chi connectivity index (χ1) is 9.29. The van der Waals surface area contributed by atoms with E-state index in [2.05, 4.69) is 15.6 Å². The fraction of sp³-hybridized carbons (Fsp3) is 0.133. The van der Waals surface area contributed by atoms with Gasteiger partial charge in [0, 0.05) is 5.02 Å². The average Bonchev–Trinajstić information content (AvgIpc) is 2.79. The summed E-state index contributed by atoms with van der Waals surface area (Å²) in [5.41, 5.74) is 8.91. The molecule has 0 atom stereocenters. The molecule has 2 aromatic carbocycles. The molecule has 0 amide bonds. The topological polar surface area (TPSA) is 43.8 Å². The summed E-state index contributed by atoms with van der Waals surface area (Å²) < 4.78 is 2.12. The summed E-state index contributed by atoms with van der Waals surface area (Å²) >= 11 is 6.22. The molecule has 3 nitrogen and oxygen atoms in total. The number of nitrogens with zero attached hydrogens (tertiary/aromatic N) is 2. The quantitative estimate of drug-likeness (QED) is 0.795. The maximum Gasteiger partial charge on any atom is 0.123 e. The third kappa shape index (κ3) is 2.23. The van der Waals surface area contributed by atoms with E-state index >= 15 is 0 Å². The van der Waals surface area contributed by atoms with Crippen molar-refractivity contribution in [2.24, 2.45) is 5.73 Å². The maximum absolute atomic E-state index is 6.22. The van der Waals surface area contributed by atoms with Crippen LogP contribution < -0.4 is 5.73 Å². The molecule has 0 unspecified atom stereocenters. The molecule has 0 aliphatic heterocycles. The molecule has 0 bridgehead atoms. The van der Waals surface area contributed by atoms with Crippen LogP contribution in [0.15, 0.2) is 48.5 Å². The van der Waals surface area contributed by atoms with E-state index in [-0.39, 0.29) is 0 Å². The summed E-state index contributed by atoms with van der Waals surface area (Å²) in [5, 5.41) is 0.767. The lowest BCUT2D eigenvalue weighted by Crippen LogP contribution is -2.09. The van der Waals surface area contributed by atoms with E-state index in [4.69, 9.17) is 17.3 Å². The standard InChI is InChI=1S/C15H14ClN3/c16-12-6-2-1-5-11(12)10-19-14-8-4-3-7-13(14)18-15(19)9-17/h1-8H,9-10,17H2. The first kappa shape index (κ1) is 12.2. The summed E-state index contributed by atoms with van der Waals surface area (Å²) in [5.74, 6) is 0.876. The van der Waals surface area contributed by atoms with Crippen LogP contribution in [0.5, 0.6) is 0 Å². The van der Waals surface area contributed by atoms with E-state index in [1.807, 2.05) is 42.5 Å². The molecule has 0 saturated heterocycles. The molecule has 3 aromatic rings. The van der Waals surface area contributed by atoms with Gasteiger partial charge in [0.2, 0.25) is 0 Å². The lowest BCUT2D eigenvalue weighted by molar-refractivity contribution is 0.744. The van der Waals surface area contributed by atoms with Crippen LogP contribution in [0.3, 0.4) is 0 Å². The second kappa shape index (κ2) is 5.03. The Labute approximate surface area is 116 Å². The predicted octanol–water partition coefficient (Wildman–Crippen LogP) is 3.20. The van der Waals surface area contributed by atoms with Crippen molar-refractivity contribution in [1.82, 2.24) is 9.55 Å². The van der Waals surface area contributed by atoms with Crippen molar-refractivity contribution in [1.29, 1.82) is 0 Å². The zero-order valence-corrected chi connectivity index (χ0v) is 11.1. The maximum atomic E-state index is 6.22. The zero-order valence-electron chi connectivity index (χ0n) is 10.4. The molecule has 3 rings (SSSR count). The molecular formula is C15H14ClN3. The number of aromatic nitrogens is 2. The number of halogens is 1. The predicted molar refractivity (Wildman–Crippen MR) is 78.2 cm³/mol. The average molecular weight is 272 g/mol. The van der Waals surface area contributed by atoms with E-state index in [0.29, 0.717) is 13.1 Å². The molecule has 0 spiro atoms. The molecule has 0 radical (unpaired) electrons. The summed E-state index contributed by atoms with van der Waals surface area (Å²) in [7, 11) is 0. The number of benzene rings is 2. The summed E-state index contributed by atoms with van der Waals surface area (Å²) in [6.45, 7) is 1.10. The van der Waals surface area contributed by atoms with E-state index in [9.17, 15) is 0 Å². The van der Waals surface area contributed by atoms with Crippen molar-refractivity contribution < 1.29 is 0 Å². The van der Waals surface area contributed by atoms with Crippen molar-refractivity contribution in [2.75, 3.05) is 0 Å². The highest BCUT2D eigenvalue weighted by molar-refractivity contribution is 6.31. The molecule has 1 heterocycles. The van der Waals surface area contributed by atoms with E-state index in [1.165, 1.54) is 0 Å². The van der Waals surface area contributed by atoms with Crippen LogP contribution in [0.1, 0.15) is 11.4 Å². The second-order valence-corrected chi connectivity index (χ2v) is 4.81. The van der Waals surface area contributed by atoms with Crippen LogP contribution in [0.25, 0.3) is 11.0 Å². The first-order valence-electron chi connectivity index (χ1n) is 6.17. The Morgan fingerprint density at radius 1 is 1.05 bits per heavy atom. The molecular weight excluding hydrogens is 258 g/mol. The van der Waals surface area contributed by atoms with Crippen LogP contribution in [0, 0.1) is 0 Å². The van der Waals surface area contributed by atoms with Gasteiger partial charge in [-0.2, -0.15) is 0 Å². The van der Waals surface area contributed by atoms with Crippen LogP contribution in [-0.2, 0) is 13.1 Å². The lowest BCUT2D eigenvalue weighted by Gasteiger charge is -2.09. The minimum absolute atomic E-state index is 0.416. The molecule has 0 aliphatic rings. The monoisotopic (exact) mass is 271 g/mol. The Morgan fingerprint density at radius 2 is 1.79 bits per heavy atom. The highest BCUT2D eigenvalue weighted by Gasteiger charge is 2.10. The molecule has 0 saturated carbocycles. The number of hydrogen-bond donors (Lipinski definition) is 1. The van der Waals surface area contributed by atoms with Gasteiger partial charge in [-0.1, -0.05) is 41.9 Å². The van der Waals surface area contributed by atoms with Gasteiger partial charge in [0.1, 0.15) is 5.82 Å². The van der Waals surface area contributed by atoms with Crippen molar-refractivity contribution in [3.05, 3.63) is 64.9 Å². The first-order valence-corrected chi connectivity index (χ1v) is 6.55. The number of imidazole rings is 1. The minimum Gasteiger partial charge on any atom is -0.324 e. The number of rotatable bonds is 3. The second-order valence-electron chi connectivity index (χ2n) is 4.40. The highest BCUT2D eigenvalue weighted by atomic mass is 35.5.